The predicted octanol–water partition coefficient (Wildman–Crippen LogP) is 11.6. The zero-order chi connectivity index (χ0) is 35.1. The van der Waals surface area contributed by atoms with Crippen LogP contribution in [0.2, 0.25) is 58.9 Å². The molecule has 3 rings (SSSR count). The summed E-state index contributed by atoms with van der Waals surface area (Å²) in [4.78, 5) is 0. The van der Waals surface area contributed by atoms with Crippen molar-refractivity contribution < 1.29 is 0 Å². The minimum Gasteiger partial charge on any atom is -0.135 e. The fourth-order valence-electron chi connectivity index (χ4n) is 2.25. The lowest BCUT2D eigenvalue weighted by atomic mass is 10.1. The van der Waals surface area contributed by atoms with Crippen LogP contribution < -0.4 is 0 Å². The molecule has 0 spiro atoms. The van der Waals surface area contributed by atoms with Crippen LogP contribution in [-0.2, 0) is 0 Å². The Morgan fingerprint density at radius 3 is 0.889 bits per heavy atom. The van der Waals surface area contributed by atoms with Crippen molar-refractivity contribution in [2.75, 3.05) is 5.34 Å². The third kappa shape index (κ3) is 30.6. The van der Waals surface area contributed by atoms with Gasteiger partial charge in [-0.2, -0.15) is 0 Å². The average Bonchev–Trinajstić information content (AvgIpc) is 2.97. The summed E-state index contributed by atoms with van der Waals surface area (Å²) in [5.41, 5.74) is 13.4. The topological polar surface area (TPSA) is 0 Å². The van der Waals surface area contributed by atoms with Crippen LogP contribution in [0.3, 0.4) is 0 Å². The van der Waals surface area contributed by atoms with Gasteiger partial charge in [0.2, 0.25) is 0 Å². The van der Waals surface area contributed by atoms with Crippen molar-refractivity contribution in [1.82, 2.24) is 0 Å². The Morgan fingerprint density at radius 2 is 0.711 bits per heavy atom. The van der Waals surface area contributed by atoms with Gasteiger partial charge in [-0.3, -0.25) is 0 Å². The highest BCUT2D eigenvalue weighted by atomic mass is 127. The number of benzene rings is 3. The molecule has 0 radical (unpaired) electrons. The number of halogens is 4. The Kier molecular flexibility index (Phi) is 24.5. The Morgan fingerprint density at radius 1 is 0.489 bits per heavy atom. The lowest BCUT2D eigenvalue weighted by molar-refractivity contribution is 1.60. The van der Waals surface area contributed by atoms with Gasteiger partial charge in [-0.1, -0.05) is 82.6 Å². The van der Waals surface area contributed by atoms with Gasteiger partial charge in [0.05, 0.1) is 5.34 Å². The smallest absolute Gasteiger partial charge is 0.129 e. The maximum absolute atomic E-state index is 5.14. The quantitative estimate of drug-likeness (QED) is 0.0913. The third-order valence-corrected chi connectivity index (χ3v) is 8.56. The predicted molar refractivity (Wildman–Crippen MR) is 230 cm³/mol. The van der Waals surface area contributed by atoms with Crippen molar-refractivity contribution in [3.63, 3.8) is 0 Å². The molecule has 0 aromatic heterocycles. The molecular weight excluding hydrogens is 865 g/mol. The molecule has 3 aromatic rings. The number of rotatable bonds is 0. The zero-order valence-electron chi connectivity index (χ0n) is 27.9. The van der Waals surface area contributed by atoms with E-state index in [-0.39, 0.29) is 5.34 Å². The van der Waals surface area contributed by atoms with Crippen molar-refractivity contribution >= 4 is 92.6 Å². The van der Waals surface area contributed by atoms with Gasteiger partial charge < -0.3 is 0 Å². The molecule has 0 heterocycles. The van der Waals surface area contributed by atoms with Gasteiger partial charge in [-0.25, -0.2) is 0 Å². The number of hydrogen-bond donors (Lipinski definition) is 0. The molecule has 0 unspecified atom stereocenters. The zero-order valence-corrected chi connectivity index (χ0v) is 36.7. The average molecular weight is 910 g/mol. The first-order chi connectivity index (χ1) is 20.8. The second-order valence-electron chi connectivity index (χ2n) is 12.4. The molecule has 3 aromatic carbocycles. The molecule has 0 atom stereocenters. The van der Waals surface area contributed by atoms with Gasteiger partial charge >= 0.3 is 0 Å². The number of terminal acetylenes is 3. The molecule has 0 saturated heterocycles. The summed E-state index contributed by atoms with van der Waals surface area (Å²) in [5.74, 6) is 11.5. The fraction of sp³-hybridized carbons (Fsp3) is 0.263. The second kappa shape index (κ2) is 24.3. The molecular formula is C38H44Cl2I2Si3. The highest BCUT2D eigenvalue weighted by Crippen LogP contribution is 2.08. The maximum Gasteiger partial charge on any atom is 0.129 e. The van der Waals surface area contributed by atoms with Crippen LogP contribution in [0, 0.1) is 66.7 Å². The Labute approximate surface area is 315 Å². The van der Waals surface area contributed by atoms with E-state index >= 15 is 0 Å². The molecule has 236 valence electrons. The first kappa shape index (κ1) is 45.3. The van der Waals surface area contributed by atoms with Crippen LogP contribution in [0.5, 0.6) is 0 Å². The molecule has 0 N–H and O–H groups in total. The first-order valence-electron chi connectivity index (χ1n) is 14.0. The van der Waals surface area contributed by atoms with Crippen LogP contribution in [0.1, 0.15) is 22.3 Å². The third-order valence-electron chi connectivity index (χ3n) is 4.50. The Balaban J connectivity index is 0. The molecule has 0 aliphatic rings. The summed E-state index contributed by atoms with van der Waals surface area (Å²) in [5, 5.41) is 0.194. The van der Waals surface area contributed by atoms with E-state index in [9.17, 15) is 0 Å². The van der Waals surface area contributed by atoms with E-state index in [0.717, 1.165) is 22.3 Å². The van der Waals surface area contributed by atoms with Crippen molar-refractivity contribution in [3.05, 3.63) is 102 Å². The molecule has 0 aliphatic heterocycles. The minimum atomic E-state index is -1.28. The summed E-state index contributed by atoms with van der Waals surface area (Å²) in [6.45, 7) is 20.0. The van der Waals surface area contributed by atoms with Gasteiger partial charge in [0.25, 0.3) is 0 Å². The minimum absolute atomic E-state index is 0.194. The van der Waals surface area contributed by atoms with Gasteiger partial charge in [-0.15, -0.1) is 59.1 Å². The summed E-state index contributed by atoms with van der Waals surface area (Å²) < 4.78 is 2.59. The normalized spacial score (nSPS) is 9.56. The number of alkyl halides is 2. The molecule has 0 amide bonds. The van der Waals surface area contributed by atoms with E-state index in [4.69, 9.17) is 42.5 Å². The van der Waals surface area contributed by atoms with E-state index in [1.165, 1.54) is 7.14 Å². The lowest BCUT2D eigenvalue weighted by Gasteiger charge is -2.04. The monoisotopic (exact) mass is 908 g/mol. The second-order valence-corrected chi connectivity index (χ2v) is 30.0. The van der Waals surface area contributed by atoms with Crippen LogP contribution in [0.4, 0.5) is 0 Å². The SMILES string of the molecule is C#C[Si](C)(C)C.C#Cc1ccc(C#C)cc1.C[Si](C)(C)C#Cc1ccc(C#C[Si](C)(C)C)cc1.ClCCl.Ic1ccc(I)cc1. The highest BCUT2D eigenvalue weighted by molar-refractivity contribution is 14.1. The standard InChI is InChI=1S/C16H22Si2.C10H6.C6H4I2.C5H10Si.CH2Cl2/c1-17(2,3)13-11-15-7-9-16(10-8-15)12-14-18(4,5)6;1-3-9-5-7-10(4-2)8-6-9;7-5-1-2-6(8)4-3-5;1-5-6(2,3)4;2-1-3/h7-10H,1-6H3;1-2,5-8H;1-4H;1H,2-4H3;1H2. The molecule has 0 saturated carbocycles. The summed E-state index contributed by atoms with van der Waals surface area (Å²) >= 11 is 14.1. The molecule has 0 nitrogen and oxygen atoms in total. The Bertz CT molecular complexity index is 1410. The molecule has 0 fully saturated rings. The highest BCUT2D eigenvalue weighted by Gasteiger charge is 2.08. The van der Waals surface area contributed by atoms with Crippen LogP contribution in [0.25, 0.3) is 0 Å². The molecule has 0 bridgehead atoms. The summed E-state index contributed by atoms with van der Waals surface area (Å²) in [7, 11) is -3.66. The fourth-order valence-corrected chi connectivity index (χ4v) is 4.01. The largest absolute Gasteiger partial charge is 0.135 e. The first-order valence-corrected chi connectivity index (χ1v) is 27.7. The van der Waals surface area contributed by atoms with Crippen molar-refractivity contribution in [1.29, 1.82) is 0 Å². The Hall–Kier alpha value is -1.85. The van der Waals surface area contributed by atoms with E-state index in [1.54, 1.807) is 0 Å². The van der Waals surface area contributed by atoms with Crippen molar-refractivity contribution in [3.8, 4) is 59.6 Å². The maximum atomic E-state index is 5.14. The molecule has 45 heavy (non-hydrogen) atoms. The van der Waals surface area contributed by atoms with Crippen molar-refractivity contribution in [2.24, 2.45) is 0 Å². The van der Waals surface area contributed by atoms with E-state index < -0.39 is 24.2 Å². The molecule has 7 heteroatoms. The summed E-state index contributed by atoms with van der Waals surface area (Å²) in [6, 6.07) is 24.0. The summed E-state index contributed by atoms with van der Waals surface area (Å²) in [6.07, 6.45) is 15.4. The number of hydrogen-bond acceptors (Lipinski definition) is 0. The van der Waals surface area contributed by atoms with Crippen LogP contribution in [-0.4, -0.2) is 29.6 Å². The van der Waals surface area contributed by atoms with E-state index in [2.05, 4.69) is 193 Å². The molecule has 0 aliphatic carbocycles. The van der Waals surface area contributed by atoms with E-state index in [1.807, 2.05) is 24.3 Å². The van der Waals surface area contributed by atoms with Gasteiger partial charge in [0.1, 0.15) is 24.2 Å². The van der Waals surface area contributed by atoms with Crippen LogP contribution >= 0.6 is 68.4 Å². The van der Waals surface area contributed by atoms with Gasteiger partial charge in [0, 0.05) is 29.4 Å². The van der Waals surface area contributed by atoms with Gasteiger partial charge in [-0.05, 0) is 118 Å². The van der Waals surface area contributed by atoms with Gasteiger partial charge in [0.15, 0.2) is 0 Å². The van der Waals surface area contributed by atoms with E-state index in [0.29, 0.717) is 0 Å². The van der Waals surface area contributed by atoms with Crippen molar-refractivity contribution in [2.45, 2.75) is 58.9 Å². The van der Waals surface area contributed by atoms with Crippen LogP contribution in [0.15, 0.2) is 72.8 Å². The lowest BCUT2D eigenvalue weighted by Crippen LogP contribution is -2.16.